The van der Waals surface area contributed by atoms with Crippen molar-refractivity contribution < 1.29 is 4.74 Å². The van der Waals surface area contributed by atoms with E-state index >= 15 is 0 Å². The molecule has 0 aliphatic carbocycles. The molecule has 0 aromatic carbocycles. The van der Waals surface area contributed by atoms with Crippen LogP contribution in [0.4, 0.5) is 0 Å². The lowest BCUT2D eigenvalue weighted by molar-refractivity contribution is 0.112. The number of hydrogen-bond acceptors (Lipinski definition) is 3. The molecule has 1 heterocycles. The second-order valence-electron chi connectivity index (χ2n) is 4.34. The molecule has 0 spiro atoms. The van der Waals surface area contributed by atoms with Crippen LogP contribution in [0.25, 0.3) is 0 Å². The van der Waals surface area contributed by atoms with Crippen LogP contribution >= 0.6 is 0 Å². The van der Waals surface area contributed by atoms with Crippen molar-refractivity contribution in [3.8, 4) is 0 Å². The Balaban J connectivity index is 2.23. The summed E-state index contributed by atoms with van der Waals surface area (Å²) < 4.78 is 5.43. The molecular formula is C9H20N2O. The third-order valence-corrected chi connectivity index (χ3v) is 2.20. The maximum atomic E-state index is 5.86. The van der Waals surface area contributed by atoms with Gasteiger partial charge in [0.05, 0.1) is 6.10 Å². The van der Waals surface area contributed by atoms with E-state index in [0.29, 0.717) is 12.1 Å². The average molecular weight is 172 g/mol. The molecule has 3 nitrogen and oxygen atoms in total. The van der Waals surface area contributed by atoms with Crippen LogP contribution in [0.2, 0.25) is 0 Å². The molecule has 0 amide bonds. The number of nitrogens with two attached hydrogens (primary N) is 1. The fraction of sp³-hybridized carbons (Fsp3) is 1.00. The first-order valence-electron chi connectivity index (χ1n) is 4.63. The van der Waals surface area contributed by atoms with Gasteiger partial charge in [0.1, 0.15) is 0 Å². The highest BCUT2D eigenvalue weighted by Crippen LogP contribution is 2.12. The van der Waals surface area contributed by atoms with Crippen LogP contribution in [0.1, 0.15) is 27.2 Å². The lowest BCUT2D eigenvalue weighted by Gasteiger charge is -2.23. The third-order valence-electron chi connectivity index (χ3n) is 2.20. The number of hydrogen-bond donors (Lipinski definition) is 2. The first-order valence-corrected chi connectivity index (χ1v) is 4.63. The second kappa shape index (κ2) is 3.73. The molecule has 12 heavy (non-hydrogen) atoms. The summed E-state index contributed by atoms with van der Waals surface area (Å²) in [5.41, 5.74) is 5.73. The number of ether oxygens (including phenoxy) is 1. The van der Waals surface area contributed by atoms with E-state index in [0.717, 1.165) is 19.6 Å². The molecule has 0 bridgehead atoms. The fourth-order valence-electron chi connectivity index (χ4n) is 1.39. The Morgan fingerprint density at radius 2 is 2.25 bits per heavy atom. The molecule has 0 aromatic heterocycles. The van der Waals surface area contributed by atoms with E-state index in [2.05, 4.69) is 12.2 Å². The van der Waals surface area contributed by atoms with E-state index in [1.54, 1.807) is 0 Å². The van der Waals surface area contributed by atoms with Crippen molar-refractivity contribution in [2.75, 3.05) is 13.2 Å². The zero-order chi connectivity index (χ0) is 9.19. The van der Waals surface area contributed by atoms with Crippen LogP contribution in [0.3, 0.4) is 0 Å². The Kier molecular flexibility index (Phi) is 3.09. The van der Waals surface area contributed by atoms with Crippen molar-refractivity contribution in [2.45, 2.75) is 44.9 Å². The van der Waals surface area contributed by atoms with Gasteiger partial charge in [0, 0.05) is 24.7 Å². The monoisotopic (exact) mass is 172 g/mol. The van der Waals surface area contributed by atoms with E-state index in [4.69, 9.17) is 10.5 Å². The van der Waals surface area contributed by atoms with Gasteiger partial charge in [-0.15, -0.1) is 0 Å². The molecule has 0 aromatic rings. The topological polar surface area (TPSA) is 47.3 Å². The first kappa shape index (κ1) is 9.96. The second-order valence-corrected chi connectivity index (χ2v) is 4.34. The molecule has 72 valence electrons. The predicted octanol–water partition coefficient (Wildman–Crippen LogP) is 0.491. The highest BCUT2D eigenvalue weighted by atomic mass is 16.5. The van der Waals surface area contributed by atoms with Crippen molar-refractivity contribution in [3.63, 3.8) is 0 Å². The molecule has 1 fully saturated rings. The normalized spacial score (nSPS) is 31.0. The summed E-state index contributed by atoms with van der Waals surface area (Å²) in [5, 5.41) is 3.42. The predicted molar refractivity (Wildman–Crippen MR) is 50.1 cm³/mol. The van der Waals surface area contributed by atoms with Crippen LogP contribution in [0.5, 0.6) is 0 Å². The summed E-state index contributed by atoms with van der Waals surface area (Å²) in [6, 6.07) is 0.493. The third kappa shape index (κ3) is 3.09. The quantitative estimate of drug-likeness (QED) is 0.651. The van der Waals surface area contributed by atoms with Gasteiger partial charge in [-0.3, -0.25) is 0 Å². The summed E-state index contributed by atoms with van der Waals surface area (Å²) in [4.78, 5) is 0. The Morgan fingerprint density at radius 3 is 2.67 bits per heavy atom. The standard InChI is InChI=1S/C9H20N2O/c1-7-8(4-5-12-7)11-6-9(2,3)10/h7-8,11H,4-6,10H2,1-3H3. The van der Waals surface area contributed by atoms with Gasteiger partial charge in [0.15, 0.2) is 0 Å². The summed E-state index contributed by atoms with van der Waals surface area (Å²) in [7, 11) is 0. The minimum absolute atomic E-state index is 0.123. The van der Waals surface area contributed by atoms with Crippen molar-refractivity contribution >= 4 is 0 Å². The molecule has 3 heteroatoms. The smallest absolute Gasteiger partial charge is 0.0700 e. The number of rotatable bonds is 3. The summed E-state index contributed by atoms with van der Waals surface area (Å²) >= 11 is 0. The molecule has 1 aliphatic heterocycles. The molecule has 1 aliphatic rings. The molecule has 1 rings (SSSR count). The fourth-order valence-corrected chi connectivity index (χ4v) is 1.39. The number of nitrogens with one attached hydrogen (secondary N) is 1. The van der Waals surface area contributed by atoms with Gasteiger partial charge in [0.2, 0.25) is 0 Å². The Hall–Kier alpha value is -0.120. The van der Waals surface area contributed by atoms with Crippen LogP contribution in [-0.2, 0) is 4.74 Å². The average Bonchev–Trinajstić information content (AvgIpc) is 2.29. The van der Waals surface area contributed by atoms with Gasteiger partial charge in [-0.2, -0.15) is 0 Å². The molecular weight excluding hydrogens is 152 g/mol. The maximum Gasteiger partial charge on any atom is 0.0700 e. The zero-order valence-corrected chi connectivity index (χ0v) is 8.26. The Labute approximate surface area is 74.7 Å². The first-order chi connectivity index (χ1) is 5.49. The molecule has 0 radical (unpaired) electrons. The SMILES string of the molecule is CC1OCCC1NCC(C)(C)N. The van der Waals surface area contributed by atoms with E-state index in [9.17, 15) is 0 Å². The van der Waals surface area contributed by atoms with Gasteiger partial charge in [-0.1, -0.05) is 0 Å². The van der Waals surface area contributed by atoms with Crippen molar-refractivity contribution in [2.24, 2.45) is 5.73 Å². The maximum absolute atomic E-state index is 5.86. The largest absolute Gasteiger partial charge is 0.377 e. The molecule has 1 saturated heterocycles. The molecule has 3 N–H and O–H groups in total. The lowest BCUT2D eigenvalue weighted by atomic mass is 10.1. The zero-order valence-electron chi connectivity index (χ0n) is 8.26. The van der Waals surface area contributed by atoms with Crippen LogP contribution in [0.15, 0.2) is 0 Å². The van der Waals surface area contributed by atoms with Crippen LogP contribution in [0, 0.1) is 0 Å². The van der Waals surface area contributed by atoms with Crippen molar-refractivity contribution in [1.29, 1.82) is 0 Å². The van der Waals surface area contributed by atoms with Gasteiger partial charge in [-0.05, 0) is 27.2 Å². The molecule has 2 atom stereocenters. The van der Waals surface area contributed by atoms with Gasteiger partial charge >= 0.3 is 0 Å². The lowest BCUT2D eigenvalue weighted by Crippen LogP contribution is -2.48. The molecule has 2 unspecified atom stereocenters. The van der Waals surface area contributed by atoms with E-state index in [1.165, 1.54) is 0 Å². The summed E-state index contributed by atoms with van der Waals surface area (Å²) in [6.45, 7) is 7.89. The summed E-state index contributed by atoms with van der Waals surface area (Å²) in [6.07, 6.45) is 1.45. The van der Waals surface area contributed by atoms with Crippen molar-refractivity contribution in [1.82, 2.24) is 5.32 Å². The molecule has 0 saturated carbocycles. The van der Waals surface area contributed by atoms with Crippen LogP contribution < -0.4 is 11.1 Å². The van der Waals surface area contributed by atoms with Gasteiger partial charge in [-0.25, -0.2) is 0 Å². The van der Waals surface area contributed by atoms with Crippen LogP contribution in [-0.4, -0.2) is 30.8 Å². The highest BCUT2D eigenvalue weighted by Gasteiger charge is 2.24. The van der Waals surface area contributed by atoms with Crippen molar-refractivity contribution in [3.05, 3.63) is 0 Å². The Morgan fingerprint density at radius 1 is 1.58 bits per heavy atom. The minimum Gasteiger partial charge on any atom is -0.377 e. The van der Waals surface area contributed by atoms with E-state index in [1.807, 2.05) is 13.8 Å². The van der Waals surface area contributed by atoms with Gasteiger partial charge < -0.3 is 15.8 Å². The highest BCUT2D eigenvalue weighted by molar-refractivity contribution is 4.83. The van der Waals surface area contributed by atoms with Gasteiger partial charge in [0.25, 0.3) is 0 Å². The van der Waals surface area contributed by atoms with E-state index in [-0.39, 0.29) is 5.54 Å². The summed E-state index contributed by atoms with van der Waals surface area (Å²) in [5.74, 6) is 0. The Bertz CT molecular complexity index is 142. The van der Waals surface area contributed by atoms with E-state index < -0.39 is 0 Å². The minimum atomic E-state index is -0.123.